The first-order valence-electron chi connectivity index (χ1n) is 11.7. The summed E-state index contributed by atoms with van der Waals surface area (Å²) in [6, 6.07) is 0. The number of fused-ring (bicyclic) bond motifs is 7. The number of aliphatic hydroxyl groups excluding tert-OH is 1. The van der Waals surface area contributed by atoms with E-state index in [1.807, 2.05) is 20.8 Å². The maximum absolute atomic E-state index is 17.4. The Labute approximate surface area is 184 Å². The highest BCUT2D eigenvalue weighted by Crippen LogP contribution is 2.79. The lowest BCUT2D eigenvalue weighted by molar-refractivity contribution is -0.237. The molecule has 1 N–H and O–H groups in total. The maximum Gasteiger partial charge on any atom is 0.178 e. The van der Waals surface area contributed by atoms with Crippen molar-refractivity contribution in [3.05, 3.63) is 23.8 Å². The van der Waals surface area contributed by atoms with Gasteiger partial charge in [0.05, 0.1) is 23.2 Å². The molecule has 5 aliphatic rings. The molecule has 170 valence electrons. The predicted molar refractivity (Wildman–Crippen MR) is 115 cm³/mol. The van der Waals surface area contributed by atoms with Gasteiger partial charge in [-0.25, -0.2) is 4.39 Å². The van der Waals surface area contributed by atoms with Crippen LogP contribution in [0, 0.1) is 27.6 Å². The Morgan fingerprint density at radius 3 is 2.52 bits per heavy atom. The second-order valence-corrected chi connectivity index (χ2v) is 12.2. The summed E-state index contributed by atoms with van der Waals surface area (Å²) in [5, 5.41) is 11.5. The summed E-state index contributed by atoms with van der Waals surface area (Å²) >= 11 is 0. The van der Waals surface area contributed by atoms with Gasteiger partial charge >= 0.3 is 0 Å². The average Bonchev–Trinajstić information content (AvgIpc) is 3.02. The van der Waals surface area contributed by atoms with E-state index in [-0.39, 0.29) is 24.1 Å². The Bertz CT molecular complexity index is 951. The number of rotatable bonds is 1. The van der Waals surface area contributed by atoms with Gasteiger partial charge in [0.15, 0.2) is 11.5 Å². The van der Waals surface area contributed by atoms with Crippen LogP contribution in [0.1, 0.15) is 73.6 Å². The van der Waals surface area contributed by atoms with Crippen molar-refractivity contribution in [3.8, 4) is 0 Å². The Kier molecular flexibility index (Phi) is 4.01. The molecule has 0 aromatic rings. The number of hydrogen-bond acceptors (Lipinski definition) is 4. The summed E-state index contributed by atoms with van der Waals surface area (Å²) in [6.07, 6.45) is 5.83. The van der Waals surface area contributed by atoms with Crippen molar-refractivity contribution in [2.45, 2.75) is 97.1 Å². The van der Waals surface area contributed by atoms with Crippen molar-refractivity contribution in [3.63, 3.8) is 0 Å². The third-order valence-corrected chi connectivity index (χ3v) is 10.6. The fourth-order valence-corrected chi connectivity index (χ4v) is 9.08. The summed E-state index contributed by atoms with van der Waals surface area (Å²) < 4.78 is 23.8. The molecule has 31 heavy (non-hydrogen) atoms. The van der Waals surface area contributed by atoms with Gasteiger partial charge in [0.25, 0.3) is 0 Å². The molecule has 0 amide bonds. The molecule has 0 unspecified atom stereocenters. The second kappa shape index (κ2) is 5.77. The van der Waals surface area contributed by atoms with Crippen LogP contribution in [0.3, 0.4) is 0 Å². The molecule has 4 aliphatic carbocycles. The first-order chi connectivity index (χ1) is 14.2. The fraction of sp³-hybridized carbons (Fsp3) is 0.769. The summed E-state index contributed by atoms with van der Waals surface area (Å²) in [5.74, 6) is -0.446. The van der Waals surface area contributed by atoms with Gasteiger partial charge in [-0.05, 0) is 82.8 Å². The molecule has 5 heteroatoms. The summed E-state index contributed by atoms with van der Waals surface area (Å²) in [7, 11) is 0. The normalized spacial score (nSPS) is 54.5. The van der Waals surface area contributed by atoms with Crippen LogP contribution in [0.15, 0.2) is 23.8 Å². The van der Waals surface area contributed by atoms with E-state index >= 15 is 4.39 Å². The van der Waals surface area contributed by atoms with Gasteiger partial charge in [-0.2, -0.15) is 0 Å². The van der Waals surface area contributed by atoms with Crippen LogP contribution in [0.4, 0.5) is 4.39 Å². The zero-order chi connectivity index (χ0) is 22.8. The number of hydrogen-bond donors (Lipinski definition) is 1. The number of carbonyl (C=O) groups excluding carboxylic acids is 2. The number of alkyl halides is 1. The molecule has 3 saturated carbocycles. The van der Waals surface area contributed by atoms with Crippen molar-refractivity contribution in [2.24, 2.45) is 27.6 Å². The smallest absolute Gasteiger partial charge is 0.178 e. The molecule has 4 fully saturated rings. The number of ketones is 2. The quantitative estimate of drug-likeness (QED) is 0.665. The van der Waals surface area contributed by atoms with Crippen molar-refractivity contribution < 1.29 is 23.8 Å². The van der Waals surface area contributed by atoms with Crippen molar-refractivity contribution in [1.82, 2.24) is 0 Å². The minimum Gasteiger partial charge on any atom is -0.390 e. The predicted octanol–water partition coefficient (Wildman–Crippen LogP) is 4.50. The lowest BCUT2D eigenvalue weighted by atomic mass is 9.38. The monoisotopic (exact) mass is 430 g/mol. The Balaban J connectivity index is 1.69. The van der Waals surface area contributed by atoms with E-state index < -0.39 is 45.0 Å². The average molecular weight is 431 g/mol. The molecule has 1 heterocycles. The van der Waals surface area contributed by atoms with Crippen LogP contribution < -0.4 is 0 Å². The van der Waals surface area contributed by atoms with E-state index in [4.69, 9.17) is 4.74 Å². The number of allylic oxidation sites excluding steroid dienone is 4. The molecule has 0 spiro atoms. The molecular formula is C26H35FO4. The van der Waals surface area contributed by atoms with Gasteiger partial charge in [0.2, 0.25) is 0 Å². The van der Waals surface area contributed by atoms with E-state index in [1.54, 1.807) is 19.1 Å². The number of halogens is 1. The highest BCUT2D eigenvalue weighted by Gasteiger charge is 2.82. The second-order valence-electron chi connectivity index (χ2n) is 12.2. The van der Waals surface area contributed by atoms with Crippen molar-refractivity contribution in [2.75, 3.05) is 0 Å². The van der Waals surface area contributed by atoms with Gasteiger partial charge in [-0.3, -0.25) is 9.59 Å². The van der Waals surface area contributed by atoms with Crippen molar-refractivity contribution >= 4 is 11.6 Å². The Morgan fingerprint density at radius 2 is 1.87 bits per heavy atom. The maximum atomic E-state index is 17.4. The molecule has 1 aliphatic heterocycles. The molecule has 0 aromatic carbocycles. The lowest BCUT2D eigenvalue weighted by Crippen LogP contribution is -2.71. The minimum absolute atomic E-state index is 0.0959. The molecule has 0 radical (unpaired) electrons. The van der Waals surface area contributed by atoms with E-state index in [1.165, 1.54) is 6.08 Å². The lowest BCUT2D eigenvalue weighted by Gasteiger charge is -2.67. The van der Waals surface area contributed by atoms with E-state index in [0.717, 1.165) is 5.57 Å². The van der Waals surface area contributed by atoms with Crippen LogP contribution in [0.2, 0.25) is 0 Å². The molecule has 4 nitrogen and oxygen atoms in total. The summed E-state index contributed by atoms with van der Waals surface area (Å²) in [4.78, 5) is 25.3. The molecule has 0 aromatic heterocycles. The van der Waals surface area contributed by atoms with Crippen LogP contribution in [-0.4, -0.2) is 40.2 Å². The summed E-state index contributed by atoms with van der Waals surface area (Å²) in [5.41, 5.74) is -4.35. The van der Waals surface area contributed by atoms with Crippen molar-refractivity contribution in [1.29, 1.82) is 0 Å². The van der Waals surface area contributed by atoms with Gasteiger partial charge in [-0.1, -0.05) is 25.5 Å². The third kappa shape index (κ3) is 2.14. The molecule has 5 rings (SSSR count). The first kappa shape index (κ1) is 21.5. The first-order valence-corrected chi connectivity index (χ1v) is 11.7. The minimum atomic E-state index is -1.89. The van der Waals surface area contributed by atoms with E-state index in [2.05, 4.69) is 13.8 Å². The molecular weight excluding hydrogens is 395 g/mol. The third-order valence-electron chi connectivity index (χ3n) is 10.6. The topological polar surface area (TPSA) is 63.6 Å². The van der Waals surface area contributed by atoms with Crippen LogP contribution >= 0.6 is 0 Å². The zero-order valence-electron chi connectivity index (χ0n) is 19.5. The molecule has 1 saturated heterocycles. The number of Topliss-reactive ketones (excluding diaryl/α,β-unsaturated/α-hetero) is 1. The molecule has 0 bridgehead atoms. The number of ether oxygens (including phenoxy) is 1. The van der Waals surface area contributed by atoms with Gasteiger partial charge in [0, 0.05) is 11.3 Å². The van der Waals surface area contributed by atoms with Gasteiger partial charge < -0.3 is 9.84 Å². The SMILES string of the molecule is CC(=O)[C@@]12CC(C)(C)O[C@@H]1C[C@@]1(C)[C@@H]3CCC4=CC(=O)C=C[C@]4(C)[C@@]3(F)[C@@H](O)C[C@@]12C. The van der Waals surface area contributed by atoms with Crippen LogP contribution in [0.25, 0.3) is 0 Å². The zero-order valence-corrected chi connectivity index (χ0v) is 19.5. The fourth-order valence-electron chi connectivity index (χ4n) is 9.08. The van der Waals surface area contributed by atoms with E-state index in [9.17, 15) is 14.7 Å². The highest BCUT2D eigenvalue weighted by molar-refractivity contribution is 6.01. The summed E-state index contributed by atoms with van der Waals surface area (Å²) in [6.45, 7) is 11.8. The van der Waals surface area contributed by atoms with Gasteiger partial charge in [-0.15, -0.1) is 0 Å². The Morgan fingerprint density at radius 1 is 1.19 bits per heavy atom. The van der Waals surface area contributed by atoms with Crippen LogP contribution in [0.5, 0.6) is 0 Å². The number of aliphatic hydroxyl groups is 1. The standard InChI is InChI=1S/C26H35FO4/c1-15(28)25-14-21(2,3)31-20(25)13-23(5)18-8-7-16-11-17(29)9-10-22(16,4)26(18,27)19(30)12-24(23,25)6/h9-11,18-20,30H,7-8,12-14H2,1-6H3/t18-,19-,20+,22-,23-,24-,25-,26-/m0/s1. The van der Waals surface area contributed by atoms with E-state index in [0.29, 0.717) is 25.7 Å². The largest absolute Gasteiger partial charge is 0.390 e. The number of carbonyl (C=O) groups is 2. The van der Waals surface area contributed by atoms with Gasteiger partial charge in [0.1, 0.15) is 5.78 Å². The molecule has 8 atom stereocenters. The van der Waals surface area contributed by atoms with Crippen LogP contribution in [-0.2, 0) is 14.3 Å². The Hall–Kier alpha value is -1.33. The highest BCUT2D eigenvalue weighted by atomic mass is 19.1.